The number of unbranched alkanes of at least 4 members (excludes halogenated alkanes) is 1. The standard InChI is InChI=1S/C25H34N4O5/c1-2-3-4-19-5-7-21(8-6-19)29-18-20(17-22(29)30)23(31)26-9-11-27(12-10-26)24(32)25(33)28-13-15-34-16-14-28/h5-8,20H,2-4,9-18H2,1H3. The maximum atomic E-state index is 13.1. The summed E-state index contributed by atoms with van der Waals surface area (Å²) < 4.78 is 5.24. The molecule has 184 valence electrons. The molecule has 0 bridgehead atoms. The molecule has 0 radical (unpaired) electrons. The average Bonchev–Trinajstić information content (AvgIpc) is 3.28. The summed E-state index contributed by atoms with van der Waals surface area (Å²) in [5.74, 6) is -1.49. The van der Waals surface area contributed by atoms with Gasteiger partial charge in [0.15, 0.2) is 0 Å². The molecule has 0 aliphatic carbocycles. The van der Waals surface area contributed by atoms with Gasteiger partial charge in [-0.25, -0.2) is 0 Å². The van der Waals surface area contributed by atoms with Crippen molar-refractivity contribution in [1.29, 1.82) is 0 Å². The Morgan fingerprint density at radius 1 is 0.882 bits per heavy atom. The number of piperazine rings is 1. The monoisotopic (exact) mass is 470 g/mol. The SMILES string of the molecule is CCCCc1ccc(N2CC(C(=O)N3CCN(C(=O)C(=O)N4CCOCC4)CC3)CC2=O)cc1. The lowest BCUT2D eigenvalue weighted by atomic mass is 10.1. The lowest BCUT2D eigenvalue weighted by molar-refractivity contribution is -0.156. The van der Waals surface area contributed by atoms with Crippen LogP contribution in [-0.4, -0.2) is 97.4 Å². The molecular weight excluding hydrogens is 436 g/mol. The number of aryl methyl sites for hydroxylation is 1. The summed E-state index contributed by atoms with van der Waals surface area (Å²) in [6.45, 7) is 5.68. The van der Waals surface area contributed by atoms with Gasteiger partial charge in [0.05, 0.1) is 19.1 Å². The molecule has 1 unspecified atom stereocenters. The van der Waals surface area contributed by atoms with Gasteiger partial charge in [-0.05, 0) is 30.5 Å². The molecule has 1 aromatic carbocycles. The Morgan fingerprint density at radius 3 is 2.09 bits per heavy atom. The maximum absolute atomic E-state index is 13.1. The van der Waals surface area contributed by atoms with Crippen molar-refractivity contribution >= 4 is 29.3 Å². The maximum Gasteiger partial charge on any atom is 0.312 e. The molecule has 0 aromatic heterocycles. The number of benzene rings is 1. The van der Waals surface area contributed by atoms with Crippen molar-refractivity contribution in [3.05, 3.63) is 29.8 Å². The molecule has 4 amide bonds. The summed E-state index contributed by atoms with van der Waals surface area (Å²) in [4.78, 5) is 57.3. The predicted octanol–water partition coefficient (Wildman–Crippen LogP) is 0.912. The molecule has 4 rings (SSSR count). The Morgan fingerprint density at radius 2 is 1.47 bits per heavy atom. The van der Waals surface area contributed by atoms with Gasteiger partial charge in [-0.3, -0.25) is 19.2 Å². The first-order valence-corrected chi connectivity index (χ1v) is 12.3. The molecule has 3 fully saturated rings. The second-order valence-corrected chi connectivity index (χ2v) is 9.20. The van der Waals surface area contributed by atoms with E-state index in [0.29, 0.717) is 59.0 Å². The predicted molar refractivity (Wildman–Crippen MR) is 126 cm³/mol. The number of anilines is 1. The van der Waals surface area contributed by atoms with E-state index in [2.05, 4.69) is 19.1 Å². The van der Waals surface area contributed by atoms with Crippen molar-refractivity contribution in [2.24, 2.45) is 5.92 Å². The fourth-order valence-electron chi connectivity index (χ4n) is 4.77. The highest BCUT2D eigenvalue weighted by molar-refractivity contribution is 6.35. The lowest BCUT2D eigenvalue weighted by Crippen LogP contribution is -2.56. The van der Waals surface area contributed by atoms with Gasteiger partial charge in [0, 0.05) is 57.9 Å². The summed E-state index contributed by atoms with van der Waals surface area (Å²) in [6.07, 6.45) is 3.50. The quantitative estimate of drug-likeness (QED) is 0.597. The van der Waals surface area contributed by atoms with E-state index in [0.717, 1.165) is 24.9 Å². The van der Waals surface area contributed by atoms with Gasteiger partial charge < -0.3 is 24.3 Å². The third-order valence-corrected chi connectivity index (χ3v) is 6.90. The van der Waals surface area contributed by atoms with Crippen molar-refractivity contribution < 1.29 is 23.9 Å². The normalized spacial score (nSPS) is 21.2. The van der Waals surface area contributed by atoms with E-state index in [1.807, 2.05) is 12.1 Å². The van der Waals surface area contributed by atoms with E-state index >= 15 is 0 Å². The van der Waals surface area contributed by atoms with E-state index in [1.54, 1.807) is 9.80 Å². The highest BCUT2D eigenvalue weighted by Gasteiger charge is 2.39. The van der Waals surface area contributed by atoms with Gasteiger partial charge in [0.1, 0.15) is 0 Å². The molecule has 3 saturated heterocycles. The summed E-state index contributed by atoms with van der Waals surface area (Å²) in [5.41, 5.74) is 2.09. The minimum Gasteiger partial charge on any atom is -0.378 e. The molecule has 0 N–H and O–H groups in total. The highest BCUT2D eigenvalue weighted by atomic mass is 16.5. The van der Waals surface area contributed by atoms with Gasteiger partial charge in [-0.1, -0.05) is 25.5 Å². The number of amides is 4. The molecule has 0 saturated carbocycles. The molecule has 34 heavy (non-hydrogen) atoms. The Kier molecular flexibility index (Phi) is 7.82. The Labute approximate surface area is 200 Å². The second-order valence-electron chi connectivity index (χ2n) is 9.20. The number of nitrogens with zero attached hydrogens (tertiary/aromatic N) is 4. The van der Waals surface area contributed by atoms with Crippen LogP contribution in [0.2, 0.25) is 0 Å². The molecule has 0 spiro atoms. The number of hydrogen-bond acceptors (Lipinski definition) is 5. The Balaban J connectivity index is 1.28. The van der Waals surface area contributed by atoms with Crippen LogP contribution in [0.25, 0.3) is 0 Å². The zero-order chi connectivity index (χ0) is 24.1. The number of morpholine rings is 1. The minimum absolute atomic E-state index is 0.0374. The highest BCUT2D eigenvalue weighted by Crippen LogP contribution is 2.27. The first kappa shape index (κ1) is 24.2. The van der Waals surface area contributed by atoms with E-state index < -0.39 is 11.8 Å². The van der Waals surface area contributed by atoms with Gasteiger partial charge in [-0.2, -0.15) is 0 Å². The molecule has 9 nitrogen and oxygen atoms in total. The van der Waals surface area contributed by atoms with Crippen LogP contribution in [0.3, 0.4) is 0 Å². The van der Waals surface area contributed by atoms with Gasteiger partial charge in [0.2, 0.25) is 11.8 Å². The average molecular weight is 471 g/mol. The number of hydrogen-bond donors (Lipinski definition) is 0. The largest absolute Gasteiger partial charge is 0.378 e. The summed E-state index contributed by atoms with van der Waals surface area (Å²) in [7, 11) is 0. The van der Waals surface area contributed by atoms with Crippen molar-refractivity contribution in [2.45, 2.75) is 32.6 Å². The fraction of sp³-hybridized carbons (Fsp3) is 0.600. The number of carbonyl (C=O) groups is 4. The molecule has 1 aromatic rings. The second kappa shape index (κ2) is 11.0. The topological polar surface area (TPSA) is 90.5 Å². The third kappa shape index (κ3) is 5.41. The van der Waals surface area contributed by atoms with Crippen LogP contribution in [0.15, 0.2) is 24.3 Å². The summed E-state index contributed by atoms with van der Waals surface area (Å²) >= 11 is 0. The number of rotatable bonds is 5. The Bertz CT molecular complexity index is 904. The summed E-state index contributed by atoms with van der Waals surface area (Å²) in [5, 5.41) is 0. The number of ether oxygens (including phenoxy) is 1. The fourth-order valence-corrected chi connectivity index (χ4v) is 4.77. The molecule has 3 aliphatic heterocycles. The Hall–Kier alpha value is -2.94. The van der Waals surface area contributed by atoms with Crippen molar-refractivity contribution in [3.8, 4) is 0 Å². The van der Waals surface area contributed by atoms with Gasteiger partial charge in [-0.15, -0.1) is 0 Å². The smallest absolute Gasteiger partial charge is 0.312 e. The summed E-state index contributed by atoms with van der Waals surface area (Å²) in [6, 6.07) is 8.04. The number of carbonyl (C=O) groups excluding carboxylic acids is 4. The van der Waals surface area contributed by atoms with E-state index in [4.69, 9.17) is 4.74 Å². The van der Waals surface area contributed by atoms with Crippen LogP contribution in [0, 0.1) is 5.92 Å². The zero-order valence-corrected chi connectivity index (χ0v) is 19.9. The molecule has 1 atom stereocenters. The van der Waals surface area contributed by atoms with Gasteiger partial charge >= 0.3 is 11.8 Å². The van der Waals surface area contributed by atoms with Gasteiger partial charge in [0.25, 0.3) is 0 Å². The first-order valence-electron chi connectivity index (χ1n) is 12.3. The van der Waals surface area contributed by atoms with E-state index in [9.17, 15) is 19.2 Å². The molecule has 3 heterocycles. The van der Waals surface area contributed by atoms with Crippen molar-refractivity contribution in [1.82, 2.24) is 14.7 Å². The van der Waals surface area contributed by atoms with Crippen LogP contribution in [0.1, 0.15) is 31.7 Å². The lowest BCUT2D eigenvalue weighted by Gasteiger charge is -2.36. The zero-order valence-electron chi connectivity index (χ0n) is 19.9. The van der Waals surface area contributed by atoms with Crippen LogP contribution in [0.5, 0.6) is 0 Å². The molecule has 3 aliphatic rings. The van der Waals surface area contributed by atoms with E-state index in [1.165, 1.54) is 15.4 Å². The van der Waals surface area contributed by atoms with Crippen molar-refractivity contribution in [2.75, 3.05) is 63.9 Å². The van der Waals surface area contributed by atoms with Crippen LogP contribution >= 0.6 is 0 Å². The van der Waals surface area contributed by atoms with Crippen LogP contribution in [-0.2, 0) is 30.3 Å². The van der Waals surface area contributed by atoms with Crippen molar-refractivity contribution in [3.63, 3.8) is 0 Å². The molecule has 9 heteroatoms. The van der Waals surface area contributed by atoms with E-state index in [-0.39, 0.29) is 24.2 Å². The minimum atomic E-state index is -0.515. The van der Waals surface area contributed by atoms with Crippen LogP contribution < -0.4 is 4.90 Å². The van der Waals surface area contributed by atoms with Crippen LogP contribution in [0.4, 0.5) is 5.69 Å². The molecular formula is C25H34N4O5. The third-order valence-electron chi connectivity index (χ3n) is 6.90. The first-order chi connectivity index (χ1) is 16.5.